The van der Waals surface area contributed by atoms with Crippen LogP contribution in [0.1, 0.15) is 25.7 Å². The Bertz CT molecular complexity index is 223. The van der Waals surface area contributed by atoms with Gasteiger partial charge in [0.15, 0.2) is 0 Å². The summed E-state index contributed by atoms with van der Waals surface area (Å²) >= 11 is 0. The maximum absolute atomic E-state index is 4.14. The van der Waals surface area contributed by atoms with Crippen molar-refractivity contribution in [2.45, 2.75) is 25.7 Å². The maximum atomic E-state index is 4.14. The first-order chi connectivity index (χ1) is 8.24. The molecular formula is C13H26N4. The monoisotopic (exact) mass is 238 g/mol. The molecule has 0 saturated carbocycles. The summed E-state index contributed by atoms with van der Waals surface area (Å²) in [6, 6.07) is 0. The summed E-state index contributed by atoms with van der Waals surface area (Å²) in [4.78, 5) is 10.4. The molecule has 0 aromatic rings. The van der Waals surface area contributed by atoms with Crippen LogP contribution in [0.25, 0.3) is 0 Å². The van der Waals surface area contributed by atoms with Crippen molar-refractivity contribution in [3.05, 3.63) is 0 Å². The molecule has 98 valence electrons. The molecule has 0 aliphatic carbocycles. The lowest BCUT2D eigenvalue weighted by molar-refractivity contribution is 0.321. The fourth-order valence-electron chi connectivity index (χ4n) is 1.63. The van der Waals surface area contributed by atoms with Crippen molar-refractivity contribution in [2.24, 2.45) is 9.98 Å². The molecular weight excluding hydrogens is 212 g/mol. The van der Waals surface area contributed by atoms with Crippen LogP contribution in [-0.4, -0.2) is 64.7 Å². The number of rotatable bonds is 10. The van der Waals surface area contributed by atoms with Gasteiger partial charge in [-0.25, -0.2) is 5.32 Å². The van der Waals surface area contributed by atoms with Crippen molar-refractivity contribution in [1.82, 2.24) is 10.2 Å². The van der Waals surface area contributed by atoms with Gasteiger partial charge in [0.1, 0.15) is 6.21 Å². The Balaban J connectivity index is 3.49. The molecule has 17 heavy (non-hydrogen) atoms. The largest absolute Gasteiger partial charge is 0.306 e. The van der Waals surface area contributed by atoms with Crippen LogP contribution in [0.2, 0.25) is 0 Å². The lowest BCUT2D eigenvalue weighted by Gasteiger charge is -2.15. The second-order valence-corrected chi connectivity index (χ2v) is 4.16. The first-order valence-electron chi connectivity index (χ1n) is 6.29. The number of hydrogen-bond acceptors (Lipinski definition) is 3. The smallest absolute Gasteiger partial charge is 0.105 e. The minimum absolute atomic E-state index is 0.971. The topological polar surface area (TPSA) is 42.1 Å². The number of hydrogen-bond donors (Lipinski definition) is 0. The molecule has 0 spiro atoms. The molecule has 0 aliphatic rings. The van der Waals surface area contributed by atoms with Crippen molar-refractivity contribution < 1.29 is 0 Å². The summed E-state index contributed by atoms with van der Waals surface area (Å²) in [5.74, 6) is 0. The maximum Gasteiger partial charge on any atom is 0.105 e. The van der Waals surface area contributed by atoms with Gasteiger partial charge in [0, 0.05) is 27.7 Å². The highest BCUT2D eigenvalue weighted by Crippen LogP contribution is 1.99. The molecule has 0 fully saturated rings. The molecule has 0 N–H and O–H groups in total. The molecule has 0 rings (SSSR count). The molecule has 0 aliphatic heterocycles. The summed E-state index contributed by atoms with van der Waals surface area (Å²) in [6.07, 6.45) is 7.40. The number of aliphatic imine (C=N–C) groups is 2. The third kappa shape index (κ3) is 10.1. The number of nitrogens with zero attached hydrogens (tertiary/aromatic N) is 4. The van der Waals surface area contributed by atoms with Crippen molar-refractivity contribution in [3.63, 3.8) is 0 Å². The first-order valence-corrected chi connectivity index (χ1v) is 6.29. The number of unbranched alkanes of at least 4 members (excludes halogenated alkanes) is 1. The van der Waals surface area contributed by atoms with Gasteiger partial charge >= 0.3 is 0 Å². The van der Waals surface area contributed by atoms with Crippen LogP contribution in [0.5, 0.6) is 0 Å². The molecule has 0 bridgehead atoms. The van der Waals surface area contributed by atoms with Gasteiger partial charge in [-0.3, -0.25) is 9.98 Å². The highest BCUT2D eigenvalue weighted by atomic mass is 15.1. The van der Waals surface area contributed by atoms with E-state index in [4.69, 9.17) is 0 Å². The second-order valence-electron chi connectivity index (χ2n) is 4.16. The molecule has 0 saturated heterocycles. The Morgan fingerprint density at radius 3 is 2.35 bits per heavy atom. The third-order valence-electron chi connectivity index (χ3n) is 2.64. The van der Waals surface area contributed by atoms with Crippen LogP contribution in [0.15, 0.2) is 9.98 Å². The van der Waals surface area contributed by atoms with Crippen LogP contribution in [0, 0.1) is 0 Å². The molecule has 0 aromatic carbocycles. The van der Waals surface area contributed by atoms with Gasteiger partial charge in [-0.1, -0.05) is 0 Å². The van der Waals surface area contributed by atoms with Crippen molar-refractivity contribution in [1.29, 1.82) is 0 Å². The Morgan fingerprint density at radius 1 is 1.06 bits per heavy atom. The van der Waals surface area contributed by atoms with Gasteiger partial charge in [0.2, 0.25) is 0 Å². The van der Waals surface area contributed by atoms with E-state index in [2.05, 4.69) is 33.5 Å². The van der Waals surface area contributed by atoms with Crippen LogP contribution in [0.4, 0.5) is 0 Å². The predicted octanol–water partition coefficient (Wildman–Crippen LogP) is 1.36. The summed E-state index contributed by atoms with van der Waals surface area (Å²) in [7, 11) is 7.58. The van der Waals surface area contributed by atoms with E-state index in [0.29, 0.717) is 0 Å². The summed E-state index contributed by atoms with van der Waals surface area (Å²) in [6.45, 7) is 3.25. The molecule has 0 aromatic heterocycles. The van der Waals surface area contributed by atoms with Gasteiger partial charge in [-0.05, 0) is 45.8 Å². The zero-order chi connectivity index (χ0) is 12.9. The zero-order valence-electron chi connectivity index (χ0n) is 11.7. The summed E-state index contributed by atoms with van der Waals surface area (Å²) in [5, 5.41) is 4.10. The lowest BCUT2D eigenvalue weighted by Crippen LogP contribution is -2.22. The van der Waals surface area contributed by atoms with Gasteiger partial charge < -0.3 is 4.90 Å². The Kier molecular flexibility index (Phi) is 11.2. The minimum atomic E-state index is 0.971. The Morgan fingerprint density at radius 2 is 1.76 bits per heavy atom. The first kappa shape index (κ1) is 16.3. The third-order valence-corrected chi connectivity index (χ3v) is 2.64. The average molecular weight is 238 g/mol. The summed E-state index contributed by atoms with van der Waals surface area (Å²) in [5.41, 5.74) is 0.972. The highest BCUT2D eigenvalue weighted by Gasteiger charge is 1.99. The molecule has 0 amide bonds. The Hall–Kier alpha value is -0.740. The second kappa shape index (κ2) is 11.7. The normalized spacial score (nSPS) is 12.9. The molecule has 0 unspecified atom stereocenters. The van der Waals surface area contributed by atoms with E-state index in [-0.39, 0.29) is 0 Å². The molecule has 0 atom stereocenters. The fraction of sp³-hybridized carbons (Fsp3) is 0.846. The van der Waals surface area contributed by atoms with Crippen molar-refractivity contribution in [2.75, 3.05) is 47.8 Å². The highest BCUT2D eigenvalue weighted by molar-refractivity contribution is 6.30. The average Bonchev–Trinajstić information content (AvgIpc) is 2.33. The molecule has 4 heteroatoms. The van der Waals surface area contributed by atoms with E-state index in [1.807, 2.05) is 7.05 Å². The molecule has 4 nitrogen and oxygen atoms in total. The molecule has 0 heterocycles. The van der Waals surface area contributed by atoms with Crippen LogP contribution in [0.3, 0.4) is 0 Å². The fourth-order valence-corrected chi connectivity index (χ4v) is 1.63. The summed E-state index contributed by atoms with van der Waals surface area (Å²) < 4.78 is 0. The van der Waals surface area contributed by atoms with Gasteiger partial charge in [-0.15, -0.1) is 0 Å². The lowest BCUT2D eigenvalue weighted by atomic mass is 10.1. The van der Waals surface area contributed by atoms with Crippen molar-refractivity contribution >= 4 is 11.9 Å². The SMILES string of the molecule is C[N]CCCN(C)CCCCC(/[C]=N/C)=NC. The van der Waals surface area contributed by atoms with E-state index >= 15 is 0 Å². The van der Waals surface area contributed by atoms with Crippen LogP contribution in [-0.2, 0) is 0 Å². The van der Waals surface area contributed by atoms with E-state index in [0.717, 1.165) is 44.6 Å². The Labute approximate surface area is 106 Å². The van der Waals surface area contributed by atoms with E-state index in [9.17, 15) is 0 Å². The quantitative estimate of drug-likeness (QED) is 0.418. The van der Waals surface area contributed by atoms with E-state index < -0.39 is 0 Å². The van der Waals surface area contributed by atoms with Crippen LogP contribution < -0.4 is 5.32 Å². The zero-order valence-corrected chi connectivity index (χ0v) is 11.7. The van der Waals surface area contributed by atoms with Gasteiger partial charge in [0.25, 0.3) is 0 Å². The van der Waals surface area contributed by atoms with Gasteiger partial charge in [0.05, 0.1) is 5.71 Å². The predicted molar refractivity (Wildman–Crippen MR) is 75.6 cm³/mol. The van der Waals surface area contributed by atoms with E-state index in [1.165, 1.54) is 6.42 Å². The van der Waals surface area contributed by atoms with Gasteiger partial charge in [-0.2, -0.15) is 0 Å². The van der Waals surface area contributed by atoms with E-state index in [1.54, 1.807) is 14.1 Å². The molecule has 2 radical (unpaired) electrons. The van der Waals surface area contributed by atoms with Crippen LogP contribution >= 0.6 is 0 Å². The van der Waals surface area contributed by atoms with Crippen molar-refractivity contribution in [3.8, 4) is 0 Å². The standard InChI is InChI=1S/C13H26N4/c1-14-9-7-11-17(4)10-6-5-8-13(16-3)12-15-2/h5-11H2,1-4H3. The minimum Gasteiger partial charge on any atom is -0.306 e.